The summed E-state index contributed by atoms with van der Waals surface area (Å²) in [5, 5.41) is 8.97. The monoisotopic (exact) mass is 494 g/mol. The summed E-state index contributed by atoms with van der Waals surface area (Å²) >= 11 is 13.5. The number of halogens is 2. The molecule has 170 valence electrons. The Labute approximate surface area is 200 Å². The molecule has 0 fully saturated rings. The highest BCUT2D eigenvalue weighted by atomic mass is 35.5. The number of furan rings is 1. The molecule has 32 heavy (non-hydrogen) atoms. The molecule has 0 aliphatic carbocycles. The van der Waals surface area contributed by atoms with E-state index in [-0.39, 0.29) is 43.1 Å². The largest absolute Gasteiger partial charge is 0.467 e. The second-order valence-electron chi connectivity index (χ2n) is 7.20. The van der Waals surface area contributed by atoms with Gasteiger partial charge in [0.2, 0.25) is 5.91 Å². The van der Waals surface area contributed by atoms with Gasteiger partial charge >= 0.3 is 0 Å². The number of benzene rings is 1. The van der Waals surface area contributed by atoms with E-state index in [1.165, 1.54) is 11.3 Å². The maximum atomic E-state index is 13.2. The van der Waals surface area contributed by atoms with Crippen molar-refractivity contribution in [1.29, 1.82) is 0 Å². The fourth-order valence-electron chi connectivity index (χ4n) is 2.84. The highest BCUT2D eigenvalue weighted by Crippen LogP contribution is 2.32. The highest BCUT2D eigenvalue weighted by Gasteiger charge is 2.21. The Morgan fingerprint density at radius 3 is 2.78 bits per heavy atom. The van der Waals surface area contributed by atoms with E-state index in [4.69, 9.17) is 27.6 Å². The summed E-state index contributed by atoms with van der Waals surface area (Å²) in [5.41, 5.74) is 0.867. The summed E-state index contributed by atoms with van der Waals surface area (Å²) in [7, 11) is 0. The molecule has 0 spiro atoms. The van der Waals surface area contributed by atoms with E-state index < -0.39 is 0 Å². The minimum absolute atomic E-state index is 0.0854. The summed E-state index contributed by atoms with van der Waals surface area (Å²) in [6.45, 7) is 4.42. The first-order chi connectivity index (χ1) is 15.4. The molecule has 1 atom stereocenters. The van der Waals surface area contributed by atoms with Crippen LogP contribution < -0.4 is 10.6 Å². The van der Waals surface area contributed by atoms with Gasteiger partial charge < -0.3 is 20.0 Å². The second kappa shape index (κ2) is 11.4. The summed E-state index contributed by atoms with van der Waals surface area (Å²) in [5.74, 6) is 0.229. The predicted molar refractivity (Wildman–Crippen MR) is 128 cm³/mol. The van der Waals surface area contributed by atoms with E-state index in [1.54, 1.807) is 46.9 Å². The van der Waals surface area contributed by atoms with Gasteiger partial charge in [-0.1, -0.05) is 36.2 Å². The van der Waals surface area contributed by atoms with Gasteiger partial charge in [0.05, 0.1) is 28.5 Å². The molecule has 0 radical (unpaired) electrons. The molecular weight excluding hydrogens is 471 g/mol. The SMILES string of the molecule is CC[C@@H](C)NC(=O)CCN(Cc1ccco1)C(=O)c1csc(Nc2cccc(Cl)c2Cl)n1. The topological polar surface area (TPSA) is 87.5 Å². The van der Waals surface area contributed by atoms with E-state index in [1.807, 2.05) is 13.8 Å². The quantitative estimate of drug-likeness (QED) is 0.375. The zero-order valence-electron chi connectivity index (χ0n) is 17.7. The van der Waals surface area contributed by atoms with E-state index in [9.17, 15) is 9.59 Å². The van der Waals surface area contributed by atoms with Gasteiger partial charge in [-0.2, -0.15) is 0 Å². The number of hydrogen-bond donors (Lipinski definition) is 2. The maximum absolute atomic E-state index is 13.2. The first kappa shape index (κ1) is 24.1. The molecule has 1 aromatic carbocycles. The van der Waals surface area contributed by atoms with Crippen molar-refractivity contribution >= 4 is 57.2 Å². The van der Waals surface area contributed by atoms with Crippen LogP contribution in [0.1, 0.15) is 42.9 Å². The van der Waals surface area contributed by atoms with Gasteiger partial charge in [0, 0.05) is 24.4 Å². The van der Waals surface area contributed by atoms with Crippen LogP contribution >= 0.6 is 34.5 Å². The van der Waals surface area contributed by atoms with Crippen LogP contribution in [0.4, 0.5) is 10.8 Å². The lowest BCUT2D eigenvalue weighted by Crippen LogP contribution is -2.37. The van der Waals surface area contributed by atoms with Crippen LogP contribution in [0.25, 0.3) is 0 Å². The number of carbonyl (C=O) groups is 2. The van der Waals surface area contributed by atoms with Crippen LogP contribution in [0, 0.1) is 0 Å². The molecule has 3 rings (SSSR count). The molecule has 2 aromatic heterocycles. The van der Waals surface area contributed by atoms with Gasteiger partial charge in [0.1, 0.15) is 11.5 Å². The lowest BCUT2D eigenvalue weighted by Gasteiger charge is -2.21. The van der Waals surface area contributed by atoms with Crippen LogP contribution in [0.2, 0.25) is 10.0 Å². The zero-order valence-corrected chi connectivity index (χ0v) is 20.1. The van der Waals surface area contributed by atoms with Crippen molar-refractivity contribution in [2.75, 3.05) is 11.9 Å². The fraction of sp³-hybridized carbons (Fsp3) is 0.318. The molecule has 0 unspecified atom stereocenters. The number of nitrogens with one attached hydrogen (secondary N) is 2. The van der Waals surface area contributed by atoms with Crippen LogP contribution in [0.3, 0.4) is 0 Å². The van der Waals surface area contributed by atoms with Gasteiger partial charge in [-0.15, -0.1) is 11.3 Å². The van der Waals surface area contributed by atoms with Gasteiger partial charge in [-0.25, -0.2) is 4.98 Å². The number of nitrogens with zero attached hydrogens (tertiary/aromatic N) is 2. The van der Waals surface area contributed by atoms with Crippen molar-refractivity contribution in [3.05, 3.63) is 63.5 Å². The highest BCUT2D eigenvalue weighted by molar-refractivity contribution is 7.14. The van der Waals surface area contributed by atoms with Crippen molar-refractivity contribution in [2.24, 2.45) is 0 Å². The second-order valence-corrected chi connectivity index (χ2v) is 8.84. The number of amides is 2. The first-order valence-electron chi connectivity index (χ1n) is 10.1. The summed E-state index contributed by atoms with van der Waals surface area (Å²) < 4.78 is 5.40. The van der Waals surface area contributed by atoms with Crippen LogP contribution in [-0.4, -0.2) is 34.3 Å². The third kappa shape index (κ3) is 6.48. The standard InChI is InChI=1S/C22H24Cl2N4O3S/c1-3-14(2)25-19(29)9-10-28(12-15-6-5-11-31-15)21(30)18-13-32-22(27-18)26-17-8-4-7-16(23)20(17)24/h4-8,11,13-14H,3,9-10,12H2,1-2H3,(H,25,29)(H,26,27)/t14-/m1/s1. The molecular formula is C22H24Cl2N4O3S. The van der Waals surface area contributed by atoms with E-state index in [2.05, 4.69) is 15.6 Å². The number of aromatic nitrogens is 1. The lowest BCUT2D eigenvalue weighted by atomic mass is 10.2. The summed E-state index contributed by atoms with van der Waals surface area (Å²) in [6, 6.07) is 8.86. The average molecular weight is 495 g/mol. The van der Waals surface area contributed by atoms with Crippen molar-refractivity contribution < 1.29 is 14.0 Å². The Kier molecular flexibility index (Phi) is 8.55. The van der Waals surface area contributed by atoms with Crippen molar-refractivity contribution in [1.82, 2.24) is 15.2 Å². The Bertz CT molecular complexity index is 1060. The first-order valence-corrected chi connectivity index (χ1v) is 11.8. The minimum Gasteiger partial charge on any atom is -0.467 e. The molecule has 2 amide bonds. The molecule has 0 bridgehead atoms. The van der Waals surface area contributed by atoms with Gasteiger partial charge in [0.15, 0.2) is 5.13 Å². The van der Waals surface area contributed by atoms with Gasteiger partial charge in [-0.3, -0.25) is 9.59 Å². The molecule has 0 aliphatic heterocycles. The van der Waals surface area contributed by atoms with Crippen LogP contribution in [0.15, 0.2) is 46.4 Å². The Balaban J connectivity index is 1.71. The smallest absolute Gasteiger partial charge is 0.273 e. The van der Waals surface area contributed by atoms with Gasteiger partial charge in [0.25, 0.3) is 5.91 Å². The summed E-state index contributed by atoms with van der Waals surface area (Å²) in [4.78, 5) is 31.4. The maximum Gasteiger partial charge on any atom is 0.273 e. The zero-order chi connectivity index (χ0) is 23.1. The number of anilines is 2. The van der Waals surface area contributed by atoms with Gasteiger partial charge in [-0.05, 0) is 37.6 Å². The molecule has 2 heterocycles. The molecule has 3 aromatic rings. The molecule has 0 saturated carbocycles. The average Bonchev–Trinajstić information content (AvgIpc) is 3.46. The van der Waals surface area contributed by atoms with Crippen LogP contribution in [-0.2, 0) is 11.3 Å². The Morgan fingerprint density at radius 2 is 2.06 bits per heavy atom. The number of carbonyl (C=O) groups excluding carboxylic acids is 2. The van der Waals surface area contributed by atoms with Crippen molar-refractivity contribution in [2.45, 2.75) is 39.3 Å². The summed E-state index contributed by atoms with van der Waals surface area (Å²) in [6.07, 6.45) is 2.57. The van der Waals surface area contributed by atoms with Crippen LogP contribution in [0.5, 0.6) is 0 Å². The normalized spacial score (nSPS) is 11.8. The predicted octanol–water partition coefficient (Wildman–Crippen LogP) is 5.73. The molecule has 7 nitrogen and oxygen atoms in total. The molecule has 2 N–H and O–H groups in total. The fourth-order valence-corrected chi connectivity index (χ4v) is 3.88. The van der Waals surface area contributed by atoms with Crippen molar-refractivity contribution in [3.63, 3.8) is 0 Å². The van der Waals surface area contributed by atoms with E-state index in [0.717, 1.165) is 6.42 Å². The Hall–Kier alpha value is -2.55. The number of rotatable bonds is 10. The lowest BCUT2D eigenvalue weighted by molar-refractivity contribution is -0.121. The number of hydrogen-bond acceptors (Lipinski definition) is 6. The third-order valence-electron chi connectivity index (χ3n) is 4.76. The Morgan fingerprint density at radius 1 is 1.25 bits per heavy atom. The van der Waals surface area contributed by atoms with E-state index >= 15 is 0 Å². The van der Waals surface area contributed by atoms with Crippen molar-refractivity contribution in [3.8, 4) is 0 Å². The van der Waals surface area contributed by atoms with E-state index in [0.29, 0.717) is 26.6 Å². The molecule has 10 heteroatoms. The third-order valence-corrected chi connectivity index (χ3v) is 6.34. The molecule has 0 saturated heterocycles. The number of thiazole rings is 1. The molecule has 0 aliphatic rings. The minimum atomic E-state index is -0.292.